The van der Waals surface area contributed by atoms with Crippen LogP contribution in [0.2, 0.25) is 0 Å². The van der Waals surface area contributed by atoms with Crippen LogP contribution in [0, 0.1) is 13.1 Å². The van der Waals surface area contributed by atoms with Crippen molar-refractivity contribution >= 4 is 0 Å². The maximum atomic E-state index is 6.02. The third kappa shape index (κ3) is 15.5. The average molecular weight is 238 g/mol. The number of rotatable bonds is 0. The van der Waals surface area contributed by atoms with Crippen LogP contribution >= 0.6 is 0 Å². The number of hydrogen-bond acceptors (Lipinski definition) is 0. The molecule has 2 heteroatoms. The van der Waals surface area contributed by atoms with Gasteiger partial charge in [0.2, 0.25) is 0 Å². The topological polar surface area (TPSA) is 4.36 Å². The van der Waals surface area contributed by atoms with Gasteiger partial charge in [-0.2, -0.15) is 0 Å². The van der Waals surface area contributed by atoms with Gasteiger partial charge in [-0.05, 0) is 6.54 Å². The molecular weight excluding hydrogens is 234 g/mol. The second-order valence-electron chi connectivity index (χ2n) is 0.387. The van der Waals surface area contributed by atoms with Crippen molar-refractivity contribution in [1.29, 1.82) is 0 Å². The van der Waals surface area contributed by atoms with E-state index < -0.39 is 0 Å². The number of hydrogen-bond donors (Lipinski definition) is 0. The van der Waals surface area contributed by atoms with Gasteiger partial charge in [0, 0.05) is 21.1 Å². The van der Waals surface area contributed by atoms with Crippen LogP contribution in [0.4, 0.5) is 0 Å². The standard InChI is InChI=1S/C3H4N.W/c1-3-4-2;/h3H,1H3;/q-1;. The Labute approximate surface area is 46.5 Å². The maximum Gasteiger partial charge on any atom is 0 e. The van der Waals surface area contributed by atoms with Gasteiger partial charge >= 0.3 is 0 Å². The van der Waals surface area contributed by atoms with Gasteiger partial charge < -0.3 is 4.85 Å². The SMILES string of the molecule is [C-]#[N+][CH-]C.[W]. The van der Waals surface area contributed by atoms with Crippen molar-refractivity contribution in [1.82, 2.24) is 0 Å². The fourth-order valence-electron chi connectivity index (χ4n) is 0. The first-order valence-electron chi connectivity index (χ1n) is 1.06. The zero-order chi connectivity index (χ0) is 3.41. The van der Waals surface area contributed by atoms with E-state index in [0.717, 1.165) is 0 Å². The minimum atomic E-state index is 0. The van der Waals surface area contributed by atoms with Crippen LogP contribution in [-0.2, 0) is 21.1 Å². The summed E-state index contributed by atoms with van der Waals surface area (Å²) in [7, 11) is 0. The summed E-state index contributed by atoms with van der Waals surface area (Å²) in [6.07, 6.45) is 0. The van der Waals surface area contributed by atoms with Gasteiger partial charge in [-0.1, -0.05) is 0 Å². The Balaban J connectivity index is 0. The van der Waals surface area contributed by atoms with E-state index in [1.54, 1.807) is 6.92 Å². The van der Waals surface area contributed by atoms with Crippen molar-refractivity contribution in [2.75, 3.05) is 0 Å². The van der Waals surface area contributed by atoms with Crippen molar-refractivity contribution in [3.05, 3.63) is 18.0 Å². The van der Waals surface area contributed by atoms with Crippen molar-refractivity contribution in [3.63, 3.8) is 0 Å². The Morgan fingerprint density at radius 1 is 1.80 bits per heavy atom. The molecule has 0 unspecified atom stereocenters. The number of nitrogens with zero attached hydrogens (tertiary/aromatic N) is 1. The third-order valence-corrected chi connectivity index (χ3v) is 0.129. The van der Waals surface area contributed by atoms with E-state index >= 15 is 0 Å². The van der Waals surface area contributed by atoms with Crippen molar-refractivity contribution < 1.29 is 21.1 Å². The van der Waals surface area contributed by atoms with Crippen LogP contribution in [0.5, 0.6) is 0 Å². The largest absolute Gasteiger partial charge is 0.462 e. The van der Waals surface area contributed by atoms with Crippen LogP contribution in [0.1, 0.15) is 6.92 Å². The van der Waals surface area contributed by atoms with Crippen molar-refractivity contribution in [2.45, 2.75) is 6.92 Å². The Hall–Kier alpha value is 0.0483. The van der Waals surface area contributed by atoms with Crippen LogP contribution in [0.15, 0.2) is 0 Å². The molecule has 0 aliphatic heterocycles. The van der Waals surface area contributed by atoms with Gasteiger partial charge in [0.05, 0.1) is 0 Å². The van der Waals surface area contributed by atoms with E-state index in [1.165, 1.54) is 6.54 Å². The molecule has 0 saturated carbocycles. The van der Waals surface area contributed by atoms with E-state index in [2.05, 4.69) is 4.85 Å². The molecule has 0 aromatic rings. The van der Waals surface area contributed by atoms with E-state index in [4.69, 9.17) is 6.57 Å². The maximum absolute atomic E-state index is 6.02. The summed E-state index contributed by atoms with van der Waals surface area (Å²) in [6, 6.07) is 0. The quantitative estimate of drug-likeness (QED) is 0.556. The second kappa shape index (κ2) is 8.97. The van der Waals surface area contributed by atoms with Crippen LogP contribution in [0.25, 0.3) is 4.85 Å². The molecule has 0 aliphatic rings. The first kappa shape index (κ1) is 8.90. The molecule has 0 N–H and O–H groups in total. The zero-order valence-corrected chi connectivity index (χ0v) is 5.87. The average Bonchev–Trinajstić information content (AvgIpc) is 1.37. The Morgan fingerprint density at radius 2 is 2.00 bits per heavy atom. The van der Waals surface area contributed by atoms with E-state index in [1.807, 2.05) is 0 Å². The Morgan fingerprint density at radius 3 is 2.00 bits per heavy atom. The summed E-state index contributed by atoms with van der Waals surface area (Å²) in [4.78, 5) is 2.86. The Bertz CT molecular complexity index is 36.6. The second-order valence-corrected chi connectivity index (χ2v) is 0.387. The molecule has 28 valence electrons. The normalized spacial score (nSPS) is 3.20. The van der Waals surface area contributed by atoms with E-state index in [9.17, 15) is 0 Å². The van der Waals surface area contributed by atoms with Gasteiger partial charge in [-0.3, -0.25) is 6.57 Å². The first-order valence-corrected chi connectivity index (χ1v) is 1.06. The van der Waals surface area contributed by atoms with E-state index in [-0.39, 0.29) is 21.1 Å². The molecule has 0 aliphatic carbocycles. The molecule has 0 fully saturated rings. The van der Waals surface area contributed by atoms with Crippen molar-refractivity contribution in [3.8, 4) is 0 Å². The molecule has 0 heterocycles. The third-order valence-electron chi connectivity index (χ3n) is 0.129. The monoisotopic (exact) mass is 238 g/mol. The minimum Gasteiger partial charge on any atom is -0.462 e. The molecule has 0 amide bonds. The van der Waals surface area contributed by atoms with Gasteiger partial charge in [0.1, 0.15) is 0 Å². The summed E-state index contributed by atoms with van der Waals surface area (Å²) in [5.41, 5.74) is 0. The molecule has 0 bridgehead atoms. The van der Waals surface area contributed by atoms with Gasteiger partial charge in [0.25, 0.3) is 0 Å². The molecule has 0 radical (unpaired) electrons. The first-order chi connectivity index (χ1) is 1.91. The molecule has 0 atom stereocenters. The Kier molecular flexibility index (Phi) is 16.0. The minimum absolute atomic E-state index is 0. The van der Waals surface area contributed by atoms with Crippen LogP contribution in [0.3, 0.4) is 0 Å². The zero-order valence-electron chi connectivity index (χ0n) is 2.93. The van der Waals surface area contributed by atoms with Crippen molar-refractivity contribution in [2.24, 2.45) is 0 Å². The predicted molar refractivity (Wildman–Crippen MR) is 16.6 cm³/mol. The molecule has 1 nitrogen and oxygen atoms in total. The predicted octanol–water partition coefficient (Wildman–Crippen LogP) is 1.08. The van der Waals surface area contributed by atoms with Crippen LogP contribution < -0.4 is 0 Å². The molecule has 0 spiro atoms. The fourth-order valence-corrected chi connectivity index (χ4v) is 0. The molecule has 0 aromatic heterocycles. The summed E-state index contributed by atoms with van der Waals surface area (Å²) in [5.74, 6) is 0. The smallest absolute Gasteiger partial charge is 0 e. The van der Waals surface area contributed by atoms with E-state index in [0.29, 0.717) is 0 Å². The summed E-state index contributed by atoms with van der Waals surface area (Å²) in [5, 5.41) is 0. The molecule has 0 aromatic carbocycles. The fraction of sp³-hybridized carbons (Fsp3) is 0.333. The van der Waals surface area contributed by atoms with Crippen LogP contribution in [-0.4, -0.2) is 0 Å². The van der Waals surface area contributed by atoms with Gasteiger partial charge in [-0.25, -0.2) is 0 Å². The molecule has 0 saturated heterocycles. The summed E-state index contributed by atoms with van der Waals surface area (Å²) >= 11 is 0. The van der Waals surface area contributed by atoms with Gasteiger partial charge in [-0.15, -0.1) is 6.92 Å². The van der Waals surface area contributed by atoms with Gasteiger partial charge in [0.15, 0.2) is 0 Å². The summed E-state index contributed by atoms with van der Waals surface area (Å²) in [6.45, 7) is 9.14. The molecular formula is C3H4NW-. The molecule has 0 rings (SSSR count). The summed E-state index contributed by atoms with van der Waals surface area (Å²) < 4.78 is 0. The molecule has 5 heavy (non-hydrogen) atoms.